The molecule has 0 aliphatic carbocycles. The monoisotopic (exact) mass is 414 g/mol. The summed E-state index contributed by atoms with van der Waals surface area (Å²) in [6.07, 6.45) is 1.19. The molecule has 2 aromatic carbocycles. The lowest BCUT2D eigenvalue weighted by molar-refractivity contribution is -0.121. The maximum absolute atomic E-state index is 12.6. The normalized spacial score (nSPS) is 14.3. The molecule has 0 atom stereocenters. The molecule has 29 heavy (non-hydrogen) atoms. The van der Waals surface area contributed by atoms with Gasteiger partial charge in [-0.2, -0.15) is 0 Å². The molecule has 1 aliphatic rings. The SMILES string of the molecule is CCOC(=O)c1ccc(NC(=O)C2CCN(C(=O)c3cccc(Cl)c3)CC2)cc1. The van der Waals surface area contributed by atoms with Gasteiger partial charge in [-0.25, -0.2) is 4.79 Å². The summed E-state index contributed by atoms with van der Waals surface area (Å²) in [6, 6.07) is 13.5. The second-order valence-corrected chi connectivity index (χ2v) is 7.30. The summed E-state index contributed by atoms with van der Waals surface area (Å²) in [4.78, 5) is 38.6. The van der Waals surface area contributed by atoms with E-state index in [2.05, 4.69) is 5.32 Å². The molecule has 1 saturated heterocycles. The van der Waals surface area contributed by atoms with Crippen LogP contribution in [0.15, 0.2) is 48.5 Å². The number of carbonyl (C=O) groups is 3. The van der Waals surface area contributed by atoms with Crippen LogP contribution >= 0.6 is 11.6 Å². The lowest BCUT2D eigenvalue weighted by atomic mass is 9.95. The van der Waals surface area contributed by atoms with E-state index in [4.69, 9.17) is 16.3 Å². The largest absolute Gasteiger partial charge is 0.462 e. The molecule has 0 aromatic heterocycles. The predicted molar refractivity (Wildman–Crippen MR) is 111 cm³/mol. The van der Waals surface area contributed by atoms with Crippen molar-refractivity contribution < 1.29 is 19.1 Å². The van der Waals surface area contributed by atoms with Crippen molar-refractivity contribution in [1.29, 1.82) is 0 Å². The molecule has 1 N–H and O–H groups in total. The van der Waals surface area contributed by atoms with Crippen molar-refractivity contribution in [3.05, 3.63) is 64.7 Å². The number of carbonyl (C=O) groups excluding carboxylic acids is 3. The van der Waals surface area contributed by atoms with E-state index in [0.29, 0.717) is 54.4 Å². The van der Waals surface area contributed by atoms with Crippen LogP contribution in [0.5, 0.6) is 0 Å². The van der Waals surface area contributed by atoms with Gasteiger partial charge in [0, 0.05) is 35.3 Å². The van der Waals surface area contributed by atoms with Gasteiger partial charge >= 0.3 is 5.97 Å². The van der Waals surface area contributed by atoms with Crippen molar-refractivity contribution >= 4 is 35.1 Å². The molecule has 2 amide bonds. The zero-order chi connectivity index (χ0) is 20.8. The lowest BCUT2D eigenvalue weighted by Crippen LogP contribution is -2.41. The smallest absolute Gasteiger partial charge is 0.338 e. The number of amides is 2. The number of anilines is 1. The van der Waals surface area contributed by atoms with E-state index in [1.807, 2.05) is 0 Å². The first kappa shape index (κ1) is 20.9. The molecule has 152 valence electrons. The molecule has 2 aromatic rings. The molecule has 1 aliphatic heterocycles. The van der Waals surface area contributed by atoms with E-state index in [0.717, 1.165) is 0 Å². The van der Waals surface area contributed by atoms with E-state index >= 15 is 0 Å². The number of piperidine rings is 1. The number of nitrogens with one attached hydrogen (secondary N) is 1. The van der Waals surface area contributed by atoms with Crippen LogP contribution in [0, 0.1) is 5.92 Å². The average molecular weight is 415 g/mol. The number of nitrogens with zero attached hydrogens (tertiary/aromatic N) is 1. The van der Waals surface area contributed by atoms with Gasteiger partial charge in [-0.05, 0) is 62.2 Å². The van der Waals surface area contributed by atoms with Crippen LogP contribution in [-0.2, 0) is 9.53 Å². The molecular formula is C22H23ClN2O4. The van der Waals surface area contributed by atoms with Crippen molar-refractivity contribution in [2.75, 3.05) is 25.0 Å². The Labute approximate surface area is 174 Å². The molecule has 7 heteroatoms. The standard InChI is InChI=1S/C22H23ClN2O4/c1-2-29-22(28)16-6-8-19(9-7-16)24-20(26)15-10-12-25(13-11-15)21(27)17-4-3-5-18(23)14-17/h3-9,14-15H,2,10-13H2,1H3,(H,24,26). The molecule has 3 rings (SSSR count). The van der Waals surface area contributed by atoms with Crippen LogP contribution in [-0.4, -0.2) is 42.4 Å². The fourth-order valence-electron chi connectivity index (χ4n) is 3.30. The first-order chi connectivity index (χ1) is 14.0. The zero-order valence-corrected chi connectivity index (χ0v) is 16.9. The van der Waals surface area contributed by atoms with Gasteiger partial charge in [-0.15, -0.1) is 0 Å². The van der Waals surface area contributed by atoms with Crippen LogP contribution in [0.2, 0.25) is 5.02 Å². The maximum Gasteiger partial charge on any atom is 0.338 e. The Morgan fingerprint density at radius 1 is 1.07 bits per heavy atom. The third kappa shape index (κ3) is 5.35. The second kappa shape index (κ2) is 9.56. The molecule has 0 bridgehead atoms. The third-order valence-corrected chi connectivity index (χ3v) is 5.12. The topological polar surface area (TPSA) is 75.7 Å². The Morgan fingerprint density at radius 3 is 2.38 bits per heavy atom. The second-order valence-electron chi connectivity index (χ2n) is 6.86. The zero-order valence-electron chi connectivity index (χ0n) is 16.2. The number of likely N-dealkylation sites (tertiary alicyclic amines) is 1. The molecule has 0 saturated carbocycles. The fraction of sp³-hybridized carbons (Fsp3) is 0.318. The number of halogens is 1. The van der Waals surface area contributed by atoms with Gasteiger partial charge in [-0.3, -0.25) is 9.59 Å². The quantitative estimate of drug-likeness (QED) is 0.750. The first-order valence-electron chi connectivity index (χ1n) is 9.61. The fourth-order valence-corrected chi connectivity index (χ4v) is 3.49. The molecule has 0 spiro atoms. The Balaban J connectivity index is 1.52. The number of ether oxygens (including phenoxy) is 1. The predicted octanol–water partition coefficient (Wildman–Crippen LogP) is 4.01. The van der Waals surface area contributed by atoms with Crippen LogP contribution in [0.3, 0.4) is 0 Å². The van der Waals surface area contributed by atoms with Gasteiger partial charge < -0.3 is 15.0 Å². The Kier molecular flexibility index (Phi) is 6.88. The summed E-state index contributed by atoms with van der Waals surface area (Å²) in [5, 5.41) is 3.41. The Morgan fingerprint density at radius 2 is 1.76 bits per heavy atom. The third-order valence-electron chi connectivity index (χ3n) is 4.89. The highest BCUT2D eigenvalue weighted by atomic mass is 35.5. The van der Waals surface area contributed by atoms with Crippen molar-refractivity contribution in [2.24, 2.45) is 5.92 Å². The Hall–Kier alpha value is -2.86. The summed E-state index contributed by atoms with van der Waals surface area (Å²) >= 11 is 5.96. The van der Waals surface area contributed by atoms with Crippen LogP contribution < -0.4 is 5.32 Å². The summed E-state index contributed by atoms with van der Waals surface area (Å²) in [6.45, 7) is 3.10. The highest BCUT2D eigenvalue weighted by Crippen LogP contribution is 2.22. The molecule has 6 nitrogen and oxygen atoms in total. The van der Waals surface area contributed by atoms with E-state index in [1.54, 1.807) is 60.4 Å². The molecule has 1 fully saturated rings. The minimum absolute atomic E-state index is 0.0686. The molecule has 1 heterocycles. The lowest BCUT2D eigenvalue weighted by Gasteiger charge is -2.31. The first-order valence-corrected chi connectivity index (χ1v) is 9.98. The minimum atomic E-state index is -0.387. The van der Waals surface area contributed by atoms with Crippen molar-refractivity contribution in [2.45, 2.75) is 19.8 Å². The number of hydrogen-bond donors (Lipinski definition) is 1. The van der Waals surface area contributed by atoms with E-state index in [-0.39, 0.29) is 23.7 Å². The number of esters is 1. The van der Waals surface area contributed by atoms with Gasteiger partial charge in [0.1, 0.15) is 0 Å². The van der Waals surface area contributed by atoms with Gasteiger partial charge in [0.05, 0.1) is 12.2 Å². The molecular weight excluding hydrogens is 392 g/mol. The van der Waals surface area contributed by atoms with E-state index < -0.39 is 0 Å². The van der Waals surface area contributed by atoms with E-state index in [9.17, 15) is 14.4 Å². The van der Waals surface area contributed by atoms with Crippen LogP contribution in [0.4, 0.5) is 5.69 Å². The number of rotatable bonds is 5. The van der Waals surface area contributed by atoms with Gasteiger partial charge in [0.2, 0.25) is 5.91 Å². The minimum Gasteiger partial charge on any atom is -0.462 e. The average Bonchev–Trinajstić information content (AvgIpc) is 2.74. The number of hydrogen-bond acceptors (Lipinski definition) is 4. The summed E-state index contributed by atoms with van der Waals surface area (Å²) < 4.78 is 4.95. The maximum atomic E-state index is 12.6. The van der Waals surface area contributed by atoms with Gasteiger partial charge in [0.15, 0.2) is 0 Å². The number of benzene rings is 2. The molecule has 0 unspecified atom stereocenters. The van der Waals surface area contributed by atoms with Crippen LogP contribution in [0.1, 0.15) is 40.5 Å². The summed E-state index contributed by atoms with van der Waals surface area (Å²) in [5.41, 5.74) is 1.63. The summed E-state index contributed by atoms with van der Waals surface area (Å²) in [5.74, 6) is -0.699. The summed E-state index contributed by atoms with van der Waals surface area (Å²) in [7, 11) is 0. The highest BCUT2D eigenvalue weighted by Gasteiger charge is 2.28. The highest BCUT2D eigenvalue weighted by molar-refractivity contribution is 6.30. The van der Waals surface area contributed by atoms with E-state index in [1.165, 1.54) is 0 Å². The van der Waals surface area contributed by atoms with Crippen molar-refractivity contribution in [1.82, 2.24) is 4.90 Å². The van der Waals surface area contributed by atoms with Crippen LogP contribution in [0.25, 0.3) is 0 Å². The molecule has 0 radical (unpaired) electrons. The van der Waals surface area contributed by atoms with Crippen molar-refractivity contribution in [3.63, 3.8) is 0 Å². The van der Waals surface area contributed by atoms with Gasteiger partial charge in [0.25, 0.3) is 5.91 Å². The van der Waals surface area contributed by atoms with Gasteiger partial charge in [-0.1, -0.05) is 17.7 Å². The Bertz CT molecular complexity index is 890. The van der Waals surface area contributed by atoms with Crippen molar-refractivity contribution in [3.8, 4) is 0 Å².